The van der Waals surface area contributed by atoms with Gasteiger partial charge in [-0.1, -0.05) is 18.2 Å². The number of hydrogen-bond acceptors (Lipinski definition) is 6. The lowest BCUT2D eigenvalue weighted by Gasteiger charge is -2.35. The summed E-state index contributed by atoms with van der Waals surface area (Å²) in [4.78, 5) is 30.9. The van der Waals surface area contributed by atoms with Crippen LogP contribution in [0, 0.1) is 0 Å². The van der Waals surface area contributed by atoms with E-state index in [1.54, 1.807) is 6.20 Å². The summed E-state index contributed by atoms with van der Waals surface area (Å²) in [5.74, 6) is -0.299. The lowest BCUT2D eigenvalue weighted by Crippen LogP contribution is -2.48. The van der Waals surface area contributed by atoms with Gasteiger partial charge in [0, 0.05) is 43.0 Å². The van der Waals surface area contributed by atoms with Crippen LogP contribution in [0.25, 0.3) is 0 Å². The summed E-state index contributed by atoms with van der Waals surface area (Å²) in [6.07, 6.45) is 3.59. The van der Waals surface area contributed by atoms with E-state index in [0.717, 1.165) is 30.1 Å². The van der Waals surface area contributed by atoms with E-state index in [4.69, 9.17) is 5.73 Å². The Hall–Kier alpha value is -2.42. The van der Waals surface area contributed by atoms with Gasteiger partial charge in [0.15, 0.2) is 0 Å². The van der Waals surface area contributed by atoms with Crippen LogP contribution in [-0.2, 0) is 9.59 Å². The Morgan fingerprint density at radius 1 is 1.30 bits per heavy atom. The first kappa shape index (κ1) is 19.3. The van der Waals surface area contributed by atoms with Gasteiger partial charge in [0.2, 0.25) is 11.8 Å². The molecule has 142 valence electrons. The highest BCUT2D eigenvalue weighted by Crippen LogP contribution is 2.27. The van der Waals surface area contributed by atoms with Crippen LogP contribution in [0.15, 0.2) is 53.7 Å². The minimum atomic E-state index is -0.388. The number of benzene rings is 1. The van der Waals surface area contributed by atoms with Crippen molar-refractivity contribution in [1.82, 2.24) is 15.2 Å². The van der Waals surface area contributed by atoms with Gasteiger partial charge in [0.25, 0.3) is 0 Å². The van der Waals surface area contributed by atoms with E-state index in [9.17, 15) is 9.59 Å². The highest BCUT2D eigenvalue weighted by atomic mass is 32.2. The number of carbonyl (C=O) groups excluding carboxylic acids is 2. The molecule has 2 heterocycles. The molecule has 2 amide bonds. The molecule has 0 spiro atoms. The van der Waals surface area contributed by atoms with Gasteiger partial charge >= 0.3 is 0 Å². The number of pyridine rings is 1. The van der Waals surface area contributed by atoms with Gasteiger partial charge in [0.1, 0.15) is 0 Å². The molecule has 0 radical (unpaired) electrons. The third kappa shape index (κ3) is 5.53. The molecule has 1 aromatic heterocycles. The highest BCUT2D eigenvalue weighted by molar-refractivity contribution is 8.00. The van der Waals surface area contributed by atoms with Crippen molar-refractivity contribution in [3.05, 3.63) is 54.4 Å². The third-order valence-corrected chi connectivity index (χ3v) is 5.40. The van der Waals surface area contributed by atoms with Crippen molar-refractivity contribution >= 4 is 29.3 Å². The largest absolute Gasteiger partial charge is 0.369 e. The second-order valence-electron chi connectivity index (χ2n) is 6.28. The molecular formula is C19H23N5O2S. The Labute approximate surface area is 162 Å². The molecule has 7 nitrogen and oxygen atoms in total. The van der Waals surface area contributed by atoms with Crippen molar-refractivity contribution < 1.29 is 9.59 Å². The number of nitrogens with zero attached hydrogens (tertiary/aromatic N) is 2. The van der Waals surface area contributed by atoms with Crippen LogP contribution >= 0.6 is 11.8 Å². The molecule has 0 aliphatic carbocycles. The van der Waals surface area contributed by atoms with Crippen molar-refractivity contribution in [2.45, 2.75) is 10.9 Å². The Morgan fingerprint density at radius 2 is 2.15 bits per heavy atom. The molecule has 1 saturated heterocycles. The maximum Gasteiger partial charge on any atom is 0.238 e. The van der Waals surface area contributed by atoms with E-state index in [1.807, 2.05) is 42.6 Å². The lowest BCUT2D eigenvalue weighted by atomic mass is 10.1. The van der Waals surface area contributed by atoms with Crippen LogP contribution in [0.3, 0.4) is 0 Å². The first-order valence-corrected chi connectivity index (χ1v) is 9.76. The van der Waals surface area contributed by atoms with E-state index >= 15 is 0 Å². The number of nitrogens with two attached hydrogens (primary N) is 1. The summed E-state index contributed by atoms with van der Waals surface area (Å²) < 4.78 is 0. The molecule has 1 atom stereocenters. The topological polar surface area (TPSA) is 100 Å². The first-order valence-electron chi connectivity index (χ1n) is 8.78. The van der Waals surface area contributed by atoms with E-state index in [-0.39, 0.29) is 30.2 Å². The molecule has 0 saturated carbocycles. The first-order chi connectivity index (χ1) is 13.1. The number of primary amides is 1. The summed E-state index contributed by atoms with van der Waals surface area (Å²) in [6, 6.07) is 11.5. The number of rotatable bonds is 7. The number of anilines is 1. The second-order valence-corrected chi connectivity index (χ2v) is 7.29. The van der Waals surface area contributed by atoms with E-state index in [0.29, 0.717) is 5.69 Å². The predicted octanol–water partition coefficient (Wildman–Crippen LogP) is 1.24. The van der Waals surface area contributed by atoms with E-state index < -0.39 is 0 Å². The zero-order valence-corrected chi connectivity index (χ0v) is 15.7. The fourth-order valence-corrected chi connectivity index (χ4v) is 3.80. The standard InChI is InChI=1S/C19H23N5O2S/c20-18(25)13-27-17-6-2-1-5-15(17)23-19(26)12-24-9-8-22-11-16(24)14-4-3-7-21-10-14/h1-7,10,16,22H,8-9,11-13H2,(H2,20,25)(H,23,26). The Kier molecular flexibility index (Phi) is 6.80. The summed E-state index contributed by atoms with van der Waals surface area (Å²) in [7, 11) is 0. The number of para-hydroxylation sites is 1. The Bertz CT molecular complexity index is 787. The molecule has 1 fully saturated rings. The van der Waals surface area contributed by atoms with Gasteiger partial charge in [-0.25, -0.2) is 0 Å². The molecule has 0 bridgehead atoms. The average Bonchev–Trinajstić information content (AvgIpc) is 2.68. The molecule has 27 heavy (non-hydrogen) atoms. The second kappa shape index (κ2) is 9.50. The monoisotopic (exact) mass is 385 g/mol. The molecule has 4 N–H and O–H groups in total. The van der Waals surface area contributed by atoms with Crippen LogP contribution in [0.4, 0.5) is 5.69 Å². The third-order valence-electron chi connectivity index (χ3n) is 4.30. The molecule has 1 aromatic carbocycles. The molecule has 2 aromatic rings. The molecule has 1 aliphatic heterocycles. The smallest absolute Gasteiger partial charge is 0.238 e. The molecule has 1 aliphatic rings. The van der Waals surface area contributed by atoms with Crippen LogP contribution < -0.4 is 16.4 Å². The van der Waals surface area contributed by atoms with Crippen LogP contribution in [-0.4, -0.2) is 53.6 Å². The summed E-state index contributed by atoms with van der Waals surface area (Å²) in [5, 5.41) is 6.34. The number of piperazine rings is 1. The van der Waals surface area contributed by atoms with Gasteiger partial charge in [0.05, 0.1) is 18.0 Å². The van der Waals surface area contributed by atoms with E-state index in [2.05, 4.69) is 20.5 Å². The van der Waals surface area contributed by atoms with Gasteiger partial charge < -0.3 is 16.4 Å². The van der Waals surface area contributed by atoms with Crippen LogP contribution in [0.1, 0.15) is 11.6 Å². The molecular weight excluding hydrogens is 362 g/mol. The summed E-state index contributed by atoms with van der Waals surface area (Å²) >= 11 is 1.32. The number of carbonyl (C=O) groups is 2. The minimum Gasteiger partial charge on any atom is -0.369 e. The van der Waals surface area contributed by atoms with Gasteiger partial charge in [-0.05, 0) is 23.8 Å². The Balaban J connectivity index is 1.65. The summed E-state index contributed by atoms with van der Waals surface area (Å²) in [5.41, 5.74) is 7.01. The fraction of sp³-hybridized carbons (Fsp3) is 0.316. The summed E-state index contributed by atoms with van der Waals surface area (Å²) in [6.45, 7) is 2.69. The number of amides is 2. The quantitative estimate of drug-likeness (QED) is 0.620. The molecule has 8 heteroatoms. The Morgan fingerprint density at radius 3 is 2.93 bits per heavy atom. The van der Waals surface area contributed by atoms with Gasteiger partial charge in [-0.3, -0.25) is 19.5 Å². The van der Waals surface area contributed by atoms with Gasteiger partial charge in [-0.2, -0.15) is 0 Å². The van der Waals surface area contributed by atoms with Crippen LogP contribution in [0.5, 0.6) is 0 Å². The molecule has 1 unspecified atom stereocenters. The van der Waals surface area contributed by atoms with Gasteiger partial charge in [-0.15, -0.1) is 11.8 Å². The predicted molar refractivity (Wildman–Crippen MR) is 106 cm³/mol. The van der Waals surface area contributed by atoms with Crippen molar-refractivity contribution in [1.29, 1.82) is 0 Å². The van der Waals surface area contributed by atoms with Crippen LogP contribution in [0.2, 0.25) is 0 Å². The zero-order valence-electron chi connectivity index (χ0n) is 14.9. The maximum absolute atomic E-state index is 12.7. The SMILES string of the molecule is NC(=O)CSc1ccccc1NC(=O)CN1CCNCC1c1cccnc1. The average molecular weight is 385 g/mol. The highest BCUT2D eigenvalue weighted by Gasteiger charge is 2.25. The van der Waals surface area contributed by atoms with Crippen molar-refractivity contribution in [2.75, 3.05) is 37.2 Å². The fourth-order valence-electron chi connectivity index (χ4n) is 3.06. The van der Waals surface area contributed by atoms with Crippen molar-refractivity contribution in [3.63, 3.8) is 0 Å². The van der Waals surface area contributed by atoms with E-state index in [1.165, 1.54) is 11.8 Å². The number of aromatic nitrogens is 1. The zero-order chi connectivity index (χ0) is 19.1. The normalized spacial score (nSPS) is 17.4. The molecule has 3 rings (SSSR count). The van der Waals surface area contributed by atoms with Crippen molar-refractivity contribution in [3.8, 4) is 0 Å². The number of hydrogen-bond donors (Lipinski definition) is 3. The van der Waals surface area contributed by atoms with Crippen molar-refractivity contribution in [2.24, 2.45) is 5.73 Å². The maximum atomic E-state index is 12.7. The minimum absolute atomic E-state index is 0.0853. The number of nitrogens with one attached hydrogen (secondary N) is 2. The number of thioether (sulfide) groups is 1. The lowest BCUT2D eigenvalue weighted by molar-refractivity contribution is -0.118.